The van der Waals surface area contributed by atoms with Crippen molar-refractivity contribution in [2.75, 3.05) is 37.2 Å². The molecule has 12 aromatic carbocycles. The molecule has 14 rings (SSSR count). The first-order valence-corrected chi connectivity index (χ1v) is 30.0. The van der Waals surface area contributed by atoms with Crippen LogP contribution in [0, 0.1) is 11.6 Å². The van der Waals surface area contributed by atoms with Crippen molar-refractivity contribution in [1.29, 1.82) is 0 Å². The fourth-order valence-corrected chi connectivity index (χ4v) is 13.7. The van der Waals surface area contributed by atoms with Crippen LogP contribution in [0.5, 0.6) is 23.0 Å². The van der Waals surface area contributed by atoms with Crippen molar-refractivity contribution >= 4 is 34.1 Å². The molecule has 0 heterocycles. The van der Waals surface area contributed by atoms with Crippen LogP contribution in [0.15, 0.2) is 304 Å². The van der Waals surface area contributed by atoms with E-state index in [2.05, 4.69) is 171 Å². The Morgan fingerprint density at radius 2 is 0.644 bits per heavy atom. The molecule has 0 saturated carbocycles. The second-order valence-corrected chi connectivity index (χ2v) is 22.4. The Bertz CT molecular complexity index is 4330. The quantitative estimate of drug-likeness (QED) is 0.0752. The third-order valence-corrected chi connectivity index (χ3v) is 17.7. The largest absolute Gasteiger partial charge is 0.497 e. The number of hydrogen-bond donors (Lipinski definition) is 0. The molecule has 0 saturated heterocycles. The number of para-hydroxylation sites is 2. The van der Waals surface area contributed by atoms with Crippen LogP contribution >= 0.6 is 0 Å². The zero-order valence-electron chi connectivity index (χ0n) is 49.8. The number of nitrogens with zero attached hydrogens (tertiary/aromatic N) is 2. The first-order valence-electron chi connectivity index (χ1n) is 30.0. The fraction of sp³-hybridized carbons (Fsp3) is 0.0732. The van der Waals surface area contributed by atoms with E-state index in [-0.39, 0.29) is 11.6 Å². The van der Waals surface area contributed by atoms with Gasteiger partial charge in [-0.1, -0.05) is 183 Å². The lowest BCUT2D eigenvalue weighted by molar-refractivity contribution is 0.363. The monoisotopic (exact) mass is 1180 g/mol. The Hall–Kier alpha value is -11.2. The number of halogens is 2. The molecule has 0 aromatic heterocycles. The summed E-state index contributed by atoms with van der Waals surface area (Å²) in [5.41, 5.74) is 17.2. The predicted octanol–water partition coefficient (Wildman–Crippen LogP) is 20.4. The average Bonchev–Trinajstić information content (AvgIpc) is 1.51. The molecule has 6 nitrogen and oxygen atoms in total. The lowest BCUT2D eigenvalue weighted by Crippen LogP contribution is -2.28. The Morgan fingerprint density at radius 1 is 0.333 bits per heavy atom. The number of anilines is 6. The van der Waals surface area contributed by atoms with Crippen LogP contribution in [0.1, 0.15) is 44.5 Å². The van der Waals surface area contributed by atoms with E-state index in [9.17, 15) is 0 Å². The van der Waals surface area contributed by atoms with Gasteiger partial charge >= 0.3 is 0 Å². The van der Waals surface area contributed by atoms with E-state index in [1.54, 1.807) is 38.5 Å². The molecule has 2 aliphatic carbocycles. The van der Waals surface area contributed by atoms with Gasteiger partial charge in [-0.25, -0.2) is 8.78 Å². The van der Waals surface area contributed by atoms with Gasteiger partial charge in [-0.15, -0.1) is 0 Å². The average molecular weight is 1180 g/mol. The summed E-state index contributed by atoms with van der Waals surface area (Å²) in [5.74, 6) is 2.26. The van der Waals surface area contributed by atoms with E-state index in [1.807, 2.05) is 107 Å². The van der Waals surface area contributed by atoms with Gasteiger partial charge < -0.3 is 28.7 Å². The molecule has 8 heteroatoms. The van der Waals surface area contributed by atoms with E-state index in [0.29, 0.717) is 24.6 Å². The molecule has 0 amide bonds. The second-order valence-electron chi connectivity index (χ2n) is 22.4. The highest BCUT2D eigenvalue weighted by atomic mass is 19.1. The number of rotatable bonds is 19. The van der Waals surface area contributed by atoms with E-state index in [1.165, 1.54) is 12.1 Å². The topological polar surface area (TPSA) is 43.4 Å². The van der Waals surface area contributed by atoms with E-state index < -0.39 is 10.8 Å². The van der Waals surface area contributed by atoms with Gasteiger partial charge in [0.2, 0.25) is 0 Å². The zero-order chi connectivity index (χ0) is 61.3. The van der Waals surface area contributed by atoms with Crippen LogP contribution in [0.3, 0.4) is 0 Å². The highest BCUT2D eigenvalue weighted by Crippen LogP contribution is 2.60. The van der Waals surface area contributed by atoms with Crippen molar-refractivity contribution in [2.24, 2.45) is 0 Å². The Morgan fingerprint density at radius 3 is 0.989 bits per heavy atom. The molecule has 0 bridgehead atoms. The smallest absolute Gasteiger partial charge is 0.147 e. The summed E-state index contributed by atoms with van der Waals surface area (Å²) in [5, 5.41) is 0. The van der Waals surface area contributed by atoms with Crippen molar-refractivity contribution in [2.45, 2.75) is 10.8 Å². The van der Waals surface area contributed by atoms with E-state index in [0.717, 1.165) is 124 Å². The van der Waals surface area contributed by atoms with Crippen molar-refractivity contribution in [1.82, 2.24) is 0 Å². The molecule has 0 spiro atoms. The summed E-state index contributed by atoms with van der Waals surface area (Å²) in [7, 11) is 3.35. The third-order valence-electron chi connectivity index (χ3n) is 17.7. The molecule has 0 fully saturated rings. The summed E-state index contributed by atoms with van der Waals surface area (Å²) in [4.78, 5) is 3.99. The summed E-state index contributed by atoms with van der Waals surface area (Å²) in [6.45, 7) is 8.47. The highest BCUT2D eigenvalue weighted by molar-refractivity contribution is 5.92. The molecule has 0 N–H and O–H groups in total. The molecule has 90 heavy (non-hydrogen) atoms. The normalized spacial score (nSPS) is 14.9. The van der Waals surface area contributed by atoms with Gasteiger partial charge in [0.1, 0.15) is 47.8 Å². The zero-order valence-corrected chi connectivity index (χ0v) is 49.8. The van der Waals surface area contributed by atoms with Crippen LogP contribution in [0.4, 0.5) is 42.9 Å². The molecule has 2 aliphatic rings. The summed E-state index contributed by atoms with van der Waals surface area (Å²) < 4.78 is 56.5. The Labute approximate surface area is 524 Å². The second kappa shape index (κ2) is 23.8. The first kappa shape index (κ1) is 56.6. The van der Waals surface area contributed by atoms with Gasteiger partial charge in [0.05, 0.1) is 36.4 Å². The van der Waals surface area contributed by atoms with E-state index in [4.69, 9.17) is 18.9 Å². The first-order chi connectivity index (χ1) is 44.3. The number of fused-ring (bicyclic) bond motifs is 6. The summed E-state index contributed by atoms with van der Waals surface area (Å²) in [6, 6.07) is 93.6. The number of benzene rings is 12. The Kier molecular flexibility index (Phi) is 15.0. The number of methoxy groups -OCH3 is 2. The molecule has 438 valence electrons. The summed E-state index contributed by atoms with van der Waals surface area (Å²) >= 11 is 0. The van der Waals surface area contributed by atoms with Crippen molar-refractivity contribution in [3.8, 4) is 56.4 Å². The maximum absolute atomic E-state index is 16.6. The van der Waals surface area contributed by atoms with Crippen LogP contribution < -0.4 is 28.7 Å². The lowest BCUT2D eigenvalue weighted by atomic mass is 9.67. The molecule has 2 unspecified atom stereocenters. The predicted molar refractivity (Wildman–Crippen MR) is 360 cm³/mol. The summed E-state index contributed by atoms with van der Waals surface area (Å²) in [6.07, 6.45) is 3.48. The minimum absolute atomic E-state index is 0.361. The van der Waals surface area contributed by atoms with Crippen LogP contribution in [0.2, 0.25) is 0 Å². The molecule has 2 atom stereocenters. The molecular weight excluding hydrogens is 1110 g/mol. The lowest BCUT2D eigenvalue weighted by Gasteiger charge is -2.35. The van der Waals surface area contributed by atoms with Crippen molar-refractivity contribution in [3.05, 3.63) is 361 Å². The van der Waals surface area contributed by atoms with Gasteiger partial charge in [-0.05, 0) is 199 Å². The van der Waals surface area contributed by atoms with Crippen LogP contribution in [-0.2, 0) is 10.8 Å². The van der Waals surface area contributed by atoms with Crippen LogP contribution in [-0.4, -0.2) is 27.4 Å². The SMILES string of the molecule is C=CCOc1ccc(C2(c3ccc(OC)cc3)c3ccccc3-c3ccc(N(c4ccc(-c5ccc(N(c6ccc7c(c6)C(c6ccc(OC)cc6)(c6ccc(OCC=C)cc6)c6ccccc6-7)c6ccccc6F)cc5)cc4)c4ccccc4F)cc32)cc1. The molecule has 0 radical (unpaired) electrons. The van der Waals surface area contributed by atoms with Gasteiger partial charge in [0.25, 0.3) is 0 Å². The van der Waals surface area contributed by atoms with Crippen molar-refractivity contribution < 1.29 is 27.7 Å². The van der Waals surface area contributed by atoms with Gasteiger partial charge in [-0.3, -0.25) is 0 Å². The molecular formula is C82H62F2N2O4. The molecule has 0 aliphatic heterocycles. The maximum atomic E-state index is 16.6. The molecule has 12 aromatic rings. The maximum Gasteiger partial charge on any atom is 0.147 e. The van der Waals surface area contributed by atoms with Gasteiger partial charge in [-0.2, -0.15) is 0 Å². The van der Waals surface area contributed by atoms with Crippen molar-refractivity contribution in [3.63, 3.8) is 0 Å². The number of ether oxygens (including phenoxy) is 4. The Balaban J connectivity index is 0.856. The van der Waals surface area contributed by atoms with Gasteiger partial charge in [0.15, 0.2) is 0 Å². The van der Waals surface area contributed by atoms with E-state index >= 15 is 8.78 Å². The number of hydrogen-bond acceptors (Lipinski definition) is 6. The fourth-order valence-electron chi connectivity index (χ4n) is 13.7. The third kappa shape index (κ3) is 9.56. The minimum atomic E-state index is -0.785. The minimum Gasteiger partial charge on any atom is -0.497 e. The standard InChI is InChI=1S/C82H62F2N2O4/c1-5-51-89-67-45-31-59(32-46-67)81(57-27-41-65(87-3)42-28-57)73-17-9-7-15-69(73)71-49-39-63(53-75(71)81)85(79-21-13-11-19-77(79)83)61-35-23-55(24-36-61)56-25-37-62(38-26-56)86(80-22-14-12-20-78(80)84)64-40-50-72-70-16-8-10-18-74(70)82(76(72)54-64,58-29-43-66(88-4)44-30-58)60-33-47-68(48-34-60)90-52-6-2/h5-50,53-54H,1-2,51-52H2,3-4H3. The highest BCUT2D eigenvalue weighted by Gasteiger charge is 2.48. The van der Waals surface area contributed by atoms with Gasteiger partial charge in [0, 0.05) is 22.7 Å². The van der Waals surface area contributed by atoms with Crippen LogP contribution in [0.25, 0.3) is 33.4 Å².